The first-order valence-electron chi connectivity index (χ1n) is 12.4. The minimum Gasteiger partial charge on any atom is -0.462 e. The van der Waals surface area contributed by atoms with Gasteiger partial charge < -0.3 is 9.47 Å². The molecule has 0 aromatic heterocycles. The highest BCUT2D eigenvalue weighted by atomic mass is 16.5. The molecule has 3 heteroatoms. The second-order valence-electron chi connectivity index (χ2n) is 10.3. The summed E-state index contributed by atoms with van der Waals surface area (Å²) in [6, 6.07) is 0. The monoisotopic (exact) mass is 418 g/mol. The third-order valence-electron chi connectivity index (χ3n) is 7.69. The molecule has 3 nitrogen and oxygen atoms in total. The first kappa shape index (κ1) is 25.2. The van der Waals surface area contributed by atoms with Gasteiger partial charge in [-0.05, 0) is 88.4 Å². The molecule has 172 valence electrons. The Labute approximate surface area is 185 Å². The highest BCUT2D eigenvalue weighted by Gasteiger charge is 2.38. The van der Waals surface area contributed by atoms with Gasteiger partial charge in [-0.2, -0.15) is 0 Å². The summed E-state index contributed by atoms with van der Waals surface area (Å²) >= 11 is 0. The number of hydrogen-bond donors (Lipinski definition) is 0. The van der Waals surface area contributed by atoms with Crippen LogP contribution in [0, 0.1) is 23.2 Å². The molecule has 0 unspecified atom stereocenters. The summed E-state index contributed by atoms with van der Waals surface area (Å²) in [6.45, 7) is 15.6. The molecule has 2 fully saturated rings. The minimum absolute atomic E-state index is 0.250. The molecule has 0 saturated heterocycles. The Kier molecular flexibility index (Phi) is 10.6. The van der Waals surface area contributed by atoms with Gasteiger partial charge in [-0.15, -0.1) is 0 Å². The van der Waals surface area contributed by atoms with E-state index in [1.807, 2.05) is 6.92 Å². The van der Waals surface area contributed by atoms with Crippen LogP contribution in [0.3, 0.4) is 0 Å². The topological polar surface area (TPSA) is 35.5 Å². The molecule has 2 aliphatic rings. The van der Waals surface area contributed by atoms with E-state index in [0.717, 1.165) is 42.8 Å². The Morgan fingerprint density at radius 3 is 2.10 bits per heavy atom. The molecular weight excluding hydrogens is 372 g/mol. The van der Waals surface area contributed by atoms with Crippen molar-refractivity contribution in [2.75, 3.05) is 19.8 Å². The van der Waals surface area contributed by atoms with Gasteiger partial charge in [0.25, 0.3) is 0 Å². The molecule has 0 atom stereocenters. The zero-order valence-electron chi connectivity index (χ0n) is 20.0. The molecule has 0 spiro atoms. The van der Waals surface area contributed by atoms with Crippen LogP contribution in [0.25, 0.3) is 0 Å². The lowest BCUT2D eigenvalue weighted by molar-refractivity contribution is -0.140. The number of carbonyl (C=O) groups is 1. The summed E-state index contributed by atoms with van der Waals surface area (Å²) in [7, 11) is 0. The first-order valence-corrected chi connectivity index (χ1v) is 12.4. The average Bonchev–Trinajstić information content (AvgIpc) is 2.72. The highest BCUT2D eigenvalue weighted by molar-refractivity contribution is 5.86. The predicted octanol–water partition coefficient (Wildman–Crippen LogP) is 7.26. The Hall–Kier alpha value is -1.09. The van der Waals surface area contributed by atoms with Gasteiger partial charge in [0, 0.05) is 12.2 Å². The van der Waals surface area contributed by atoms with Crippen molar-refractivity contribution in [1.82, 2.24) is 0 Å². The van der Waals surface area contributed by atoms with E-state index in [1.54, 1.807) is 6.92 Å². The zero-order chi connectivity index (χ0) is 22.0. The predicted molar refractivity (Wildman–Crippen MR) is 125 cm³/mol. The van der Waals surface area contributed by atoms with Gasteiger partial charge in [0.05, 0.1) is 13.2 Å². The van der Waals surface area contributed by atoms with Crippen LogP contribution in [-0.4, -0.2) is 25.8 Å². The molecule has 0 aromatic rings. The number of esters is 1. The number of rotatable bonds is 12. The SMILES string of the molecule is C=C(C)COCCC1(CCOC(=O)C(=C)C)CCC(C2CCC(CCC)CC2)CC1. The van der Waals surface area contributed by atoms with E-state index in [1.165, 1.54) is 64.2 Å². The van der Waals surface area contributed by atoms with E-state index in [9.17, 15) is 4.79 Å². The van der Waals surface area contributed by atoms with Crippen LogP contribution in [0.5, 0.6) is 0 Å². The van der Waals surface area contributed by atoms with Crippen molar-refractivity contribution >= 4 is 5.97 Å². The standard InChI is InChI=1S/C27H46O3/c1-6-7-23-8-10-24(11-9-23)25-12-14-27(15-13-25,16-18-29-20-21(2)3)17-19-30-26(28)22(4)5/h23-25H,2,4,6-20H2,1,3,5H3. The molecule has 0 heterocycles. The number of hydrogen-bond acceptors (Lipinski definition) is 3. The van der Waals surface area contributed by atoms with Crippen molar-refractivity contribution in [3.8, 4) is 0 Å². The molecule has 2 saturated carbocycles. The van der Waals surface area contributed by atoms with Crippen LogP contribution in [0.1, 0.15) is 97.8 Å². The van der Waals surface area contributed by atoms with Crippen molar-refractivity contribution in [2.45, 2.75) is 97.8 Å². The van der Waals surface area contributed by atoms with E-state index in [4.69, 9.17) is 9.47 Å². The van der Waals surface area contributed by atoms with Gasteiger partial charge in [-0.3, -0.25) is 0 Å². The zero-order valence-corrected chi connectivity index (χ0v) is 20.0. The van der Waals surface area contributed by atoms with E-state index >= 15 is 0 Å². The lowest BCUT2D eigenvalue weighted by Crippen LogP contribution is -2.34. The quantitative estimate of drug-likeness (QED) is 0.145. The maximum atomic E-state index is 11.8. The van der Waals surface area contributed by atoms with E-state index < -0.39 is 0 Å². The lowest BCUT2D eigenvalue weighted by atomic mass is 9.62. The molecule has 0 amide bonds. The second kappa shape index (κ2) is 12.7. The largest absolute Gasteiger partial charge is 0.462 e. The van der Waals surface area contributed by atoms with Gasteiger partial charge in [0.1, 0.15) is 0 Å². The molecule has 0 N–H and O–H groups in total. The van der Waals surface area contributed by atoms with Crippen LogP contribution < -0.4 is 0 Å². The van der Waals surface area contributed by atoms with Crippen LogP contribution in [-0.2, 0) is 14.3 Å². The Bertz CT molecular complexity index is 548. The Morgan fingerprint density at radius 2 is 1.53 bits per heavy atom. The fraction of sp³-hybridized carbons (Fsp3) is 0.815. The van der Waals surface area contributed by atoms with Gasteiger partial charge >= 0.3 is 5.97 Å². The van der Waals surface area contributed by atoms with Crippen molar-refractivity contribution in [3.05, 3.63) is 24.3 Å². The van der Waals surface area contributed by atoms with Gasteiger partial charge in [0.2, 0.25) is 0 Å². The van der Waals surface area contributed by atoms with Gasteiger partial charge in [-0.1, -0.05) is 51.3 Å². The fourth-order valence-electron chi connectivity index (χ4n) is 5.72. The fourth-order valence-corrected chi connectivity index (χ4v) is 5.72. The minimum atomic E-state index is -0.263. The van der Waals surface area contributed by atoms with Crippen molar-refractivity contribution in [2.24, 2.45) is 23.2 Å². The third kappa shape index (κ3) is 8.21. The lowest BCUT2D eigenvalue weighted by Gasteiger charge is -2.44. The summed E-state index contributed by atoms with van der Waals surface area (Å²) in [5.41, 5.74) is 1.80. The smallest absolute Gasteiger partial charge is 0.333 e. The van der Waals surface area contributed by atoms with Crippen LogP contribution in [0.15, 0.2) is 24.3 Å². The van der Waals surface area contributed by atoms with Gasteiger partial charge in [0.15, 0.2) is 0 Å². The van der Waals surface area contributed by atoms with Crippen LogP contribution in [0.4, 0.5) is 0 Å². The van der Waals surface area contributed by atoms with Crippen molar-refractivity contribution < 1.29 is 14.3 Å². The van der Waals surface area contributed by atoms with Gasteiger partial charge in [-0.25, -0.2) is 4.79 Å². The molecule has 30 heavy (non-hydrogen) atoms. The summed E-state index contributed by atoms with van der Waals surface area (Å²) in [6.07, 6.45) is 15.7. The number of ether oxygens (including phenoxy) is 2. The normalized spacial score (nSPS) is 29.4. The third-order valence-corrected chi connectivity index (χ3v) is 7.69. The number of carbonyl (C=O) groups excluding carboxylic acids is 1. The van der Waals surface area contributed by atoms with Crippen LogP contribution >= 0.6 is 0 Å². The molecule has 2 rings (SSSR count). The molecule has 0 aliphatic heterocycles. The van der Waals surface area contributed by atoms with Crippen molar-refractivity contribution in [3.63, 3.8) is 0 Å². The highest BCUT2D eigenvalue weighted by Crippen LogP contribution is 2.49. The summed E-state index contributed by atoms with van der Waals surface area (Å²) < 4.78 is 11.3. The maximum absolute atomic E-state index is 11.8. The van der Waals surface area contributed by atoms with E-state index in [-0.39, 0.29) is 11.4 Å². The Morgan fingerprint density at radius 1 is 0.933 bits per heavy atom. The molecule has 0 radical (unpaired) electrons. The second-order valence-corrected chi connectivity index (χ2v) is 10.3. The van der Waals surface area contributed by atoms with Crippen LogP contribution in [0.2, 0.25) is 0 Å². The average molecular weight is 419 g/mol. The maximum Gasteiger partial charge on any atom is 0.333 e. The van der Waals surface area contributed by atoms with Crippen molar-refractivity contribution in [1.29, 1.82) is 0 Å². The summed E-state index contributed by atoms with van der Waals surface area (Å²) in [5.74, 6) is 2.57. The molecule has 2 aliphatic carbocycles. The molecule has 0 aromatic carbocycles. The Balaban J connectivity index is 1.85. The summed E-state index contributed by atoms with van der Waals surface area (Å²) in [5, 5.41) is 0. The van der Waals surface area contributed by atoms with E-state index in [2.05, 4.69) is 20.1 Å². The summed E-state index contributed by atoms with van der Waals surface area (Å²) in [4.78, 5) is 11.8. The molecular formula is C27H46O3. The van der Waals surface area contributed by atoms with E-state index in [0.29, 0.717) is 18.8 Å². The first-order chi connectivity index (χ1) is 14.3. The molecule has 0 bridgehead atoms.